The zero-order valence-electron chi connectivity index (χ0n) is 23.7. The fraction of sp³-hybridized carbons (Fsp3) is 0.367. The molecular weight excluding hydrogens is 562 g/mol. The number of β-lactam (4-membered cyclic amide) rings is 1. The Morgan fingerprint density at radius 3 is 2.38 bits per heavy atom. The van der Waals surface area contributed by atoms with E-state index in [2.05, 4.69) is 10.6 Å². The van der Waals surface area contributed by atoms with E-state index in [9.17, 15) is 29.1 Å². The van der Waals surface area contributed by atoms with E-state index in [1.54, 1.807) is 36.4 Å². The van der Waals surface area contributed by atoms with Crippen LogP contribution in [0.25, 0.3) is 0 Å². The van der Waals surface area contributed by atoms with Gasteiger partial charge >= 0.3 is 11.9 Å². The summed E-state index contributed by atoms with van der Waals surface area (Å²) >= 11 is 1.25. The molecule has 0 radical (unpaired) electrons. The lowest BCUT2D eigenvalue weighted by atomic mass is 9.86. The standard InChI is InChI=1S/C30H33N3O8S/c1-17(34)40-14-19-16-42-28-24(27(37)33(28)25(19)29(38)39)32-26(36)23(18-10-6-5-7-11-18)31-22(35)15-41-21-13-9-8-12-20(21)30(2,3)4/h5-13,23-24,28H,14-16H2,1-4H3,(H,31,35)(H,32,36)(H,38,39)/t23-,24+,28+/m0/s1. The van der Waals surface area contributed by atoms with Gasteiger partial charge in [0.2, 0.25) is 5.91 Å². The lowest BCUT2D eigenvalue weighted by molar-refractivity contribution is -0.151. The molecule has 0 spiro atoms. The number of ether oxygens (including phenoxy) is 2. The molecule has 3 amide bonds. The second-order valence-corrected chi connectivity index (χ2v) is 12.0. The molecule has 0 unspecified atom stereocenters. The monoisotopic (exact) mass is 595 g/mol. The minimum atomic E-state index is -1.33. The predicted molar refractivity (Wildman–Crippen MR) is 154 cm³/mol. The van der Waals surface area contributed by atoms with Crippen LogP contribution in [0, 0.1) is 0 Å². The number of carbonyl (C=O) groups excluding carboxylic acids is 4. The molecule has 222 valence electrons. The third kappa shape index (κ3) is 6.76. The number of hydrogen-bond acceptors (Lipinski definition) is 8. The number of aliphatic carboxylic acids is 1. The van der Waals surface area contributed by atoms with E-state index < -0.39 is 47.1 Å². The Morgan fingerprint density at radius 2 is 1.74 bits per heavy atom. The highest BCUT2D eigenvalue weighted by atomic mass is 32.2. The van der Waals surface area contributed by atoms with Crippen LogP contribution in [0.2, 0.25) is 0 Å². The second kappa shape index (κ2) is 12.7. The van der Waals surface area contributed by atoms with Crippen molar-refractivity contribution in [1.29, 1.82) is 0 Å². The zero-order chi connectivity index (χ0) is 30.6. The van der Waals surface area contributed by atoms with Crippen molar-refractivity contribution in [1.82, 2.24) is 15.5 Å². The lowest BCUT2D eigenvalue weighted by Gasteiger charge is -2.49. The molecule has 2 aromatic rings. The maximum absolute atomic E-state index is 13.5. The van der Waals surface area contributed by atoms with Crippen molar-refractivity contribution >= 4 is 41.4 Å². The lowest BCUT2D eigenvalue weighted by Crippen LogP contribution is -2.71. The average Bonchev–Trinajstić information content (AvgIpc) is 2.95. The summed E-state index contributed by atoms with van der Waals surface area (Å²) in [7, 11) is 0. The average molecular weight is 596 g/mol. The van der Waals surface area contributed by atoms with Gasteiger partial charge < -0.3 is 25.2 Å². The highest BCUT2D eigenvalue weighted by Crippen LogP contribution is 2.40. The van der Waals surface area contributed by atoms with Crippen LogP contribution in [-0.2, 0) is 34.1 Å². The molecule has 42 heavy (non-hydrogen) atoms. The first-order chi connectivity index (χ1) is 19.9. The number of carbonyl (C=O) groups is 5. The van der Waals surface area contributed by atoms with Gasteiger partial charge in [0.1, 0.15) is 35.5 Å². The van der Waals surface area contributed by atoms with Crippen molar-refractivity contribution in [3.8, 4) is 5.75 Å². The maximum Gasteiger partial charge on any atom is 0.352 e. The molecule has 0 aromatic heterocycles. The number of nitrogens with zero attached hydrogens (tertiary/aromatic N) is 1. The van der Waals surface area contributed by atoms with Crippen LogP contribution in [0.1, 0.15) is 44.9 Å². The first kappa shape index (κ1) is 30.6. The zero-order valence-corrected chi connectivity index (χ0v) is 24.5. The molecule has 2 heterocycles. The first-order valence-corrected chi connectivity index (χ1v) is 14.3. The molecule has 1 saturated heterocycles. The van der Waals surface area contributed by atoms with Crippen LogP contribution in [0.5, 0.6) is 5.75 Å². The summed E-state index contributed by atoms with van der Waals surface area (Å²) in [5.41, 5.74) is 1.25. The molecule has 11 nitrogen and oxygen atoms in total. The Labute approximate surface area is 247 Å². The Bertz CT molecular complexity index is 1420. The Morgan fingerprint density at radius 1 is 1.07 bits per heavy atom. The quantitative estimate of drug-likeness (QED) is 0.278. The third-order valence-electron chi connectivity index (χ3n) is 6.75. The molecule has 3 atom stereocenters. The van der Waals surface area contributed by atoms with Gasteiger partial charge in [-0.2, -0.15) is 0 Å². The molecule has 4 rings (SSSR count). The van der Waals surface area contributed by atoms with E-state index >= 15 is 0 Å². The summed E-state index contributed by atoms with van der Waals surface area (Å²) in [6.45, 7) is 6.73. The summed E-state index contributed by atoms with van der Waals surface area (Å²) in [6, 6.07) is 13.8. The fourth-order valence-corrected chi connectivity index (χ4v) is 6.05. The summed E-state index contributed by atoms with van der Waals surface area (Å²) < 4.78 is 10.8. The molecule has 0 saturated carbocycles. The van der Waals surface area contributed by atoms with Crippen molar-refractivity contribution in [3.63, 3.8) is 0 Å². The van der Waals surface area contributed by atoms with Crippen molar-refractivity contribution in [2.45, 2.75) is 50.6 Å². The van der Waals surface area contributed by atoms with Gasteiger partial charge in [0.05, 0.1) is 0 Å². The van der Waals surface area contributed by atoms with E-state index in [0.717, 1.165) is 10.5 Å². The summed E-state index contributed by atoms with van der Waals surface area (Å²) in [5, 5.41) is 14.5. The van der Waals surface area contributed by atoms with Gasteiger partial charge in [-0.3, -0.25) is 24.1 Å². The topological polar surface area (TPSA) is 151 Å². The maximum atomic E-state index is 13.5. The Balaban J connectivity index is 1.47. The fourth-order valence-electron chi connectivity index (χ4n) is 4.72. The van der Waals surface area contributed by atoms with Gasteiger partial charge in [-0.1, -0.05) is 69.3 Å². The van der Waals surface area contributed by atoms with E-state index in [1.807, 2.05) is 39.0 Å². The smallest absolute Gasteiger partial charge is 0.352 e. The number of rotatable bonds is 10. The van der Waals surface area contributed by atoms with Gasteiger partial charge in [-0.15, -0.1) is 11.8 Å². The molecule has 3 N–H and O–H groups in total. The normalized spacial score (nSPS) is 18.8. The number of fused-ring (bicyclic) bond motifs is 1. The van der Waals surface area contributed by atoms with Crippen molar-refractivity contribution in [3.05, 3.63) is 77.0 Å². The van der Waals surface area contributed by atoms with Gasteiger partial charge in [0, 0.05) is 18.2 Å². The summed E-state index contributed by atoms with van der Waals surface area (Å²) in [4.78, 5) is 63.8. The van der Waals surface area contributed by atoms with E-state index in [0.29, 0.717) is 16.9 Å². The highest BCUT2D eigenvalue weighted by Gasteiger charge is 2.54. The number of esters is 1. The van der Waals surface area contributed by atoms with Crippen LogP contribution in [-0.4, -0.2) is 70.0 Å². The summed E-state index contributed by atoms with van der Waals surface area (Å²) in [5.74, 6) is -2.93. The number of carboxylic acid groups (broad SMARTS) is 1. The van der Waals surface area contributed by atoms with Gasteiger partial charge in [-0.05, 0) is 22.6 Å². The van der Waals surface area contributed by atoms with Crippen LogP contribution in [0.3, 0.4) is 0 Å². The second-order valence-electron chi connectivity index (χ2n) is 10.9. The number of para-hydroxylation sites is 1. The van der Waals surface area contributed by atoms with Crippen LogP contribution in [0.4, 0.5) is 0 Å². The number of amides is 3. The van der Waals surface area contributed by atoms with Crippen LogP contribution < -0.4 is 15.4 Å². The van der Waals surface area contributed by atoms with Gasteiger partial charge in [-0.25, -0.2) is 4.79 Å². The Kier molecular flexibility index (Phi) is 9.25. The largest absolute Gasteiger partial charge is 0.483 e. The number of hydrogen-bond donors (Lipinski definition) is 3. The first-order valence-electron chi connectivity index (χ1n) is 13.3. The van der Waals surface area contributed by atoms with E-state index in [1.165, 1.54) is 18.7 Å². The molecule has 1 fully saturated rings. The number of benzene rings is 2. The van der Waals surface area contributed by atoms with E-state index in [4.69, 9.17) is 9.47 Å². The number of carboxylic acids is 1. The molecule has 12 heteroatoms. The minimum Gasteiger partial charge on any atom is -0.483 e. The molecule has 0 bridgehead atoms. The molecular formula is C30H33N3O8S. The molecule has 2 aliphatic heterocycles. The van der Waals surface area contributed by atoms with Gasteiger partial charge in [0.15, 0.2) is 6.61 Å². The molecule has 2 aliphatic rings. The van der Waals surface area contributed by atoms with E-state index in [-0.39, 0.29) is 30.1 Å². The van der Waals surface area contributed by atoms with Crippen LogP contribution in [0.15, 0.2) is 65.9 Å². The number of nitrogens with one attached hydrogen (secondary N) is 2. The molecule has 2 aromatic carbocycles. The third-order valence-corrected chi connectivity index (χ3v) is 8.09. The van der Waals surface area contributed by atoms with Gasteiger partial charge in [0.25, 0.3) is 11.8 Å². The summed E-state index contributed by atoms with van der Waals surface area (Å²) in [6.07, 6.45) is 0. The SMILES string of the molecule is CC(=O)OCC1=C(C(=O)O)N2C(=O)[C@@H](NC(=O)[C@@H](NC(=O)COc3ccccc3C(C)(C)C)c3ccccc3)[C@H]2SC1. The van der Waals surface area contributed by atoms with Crippen molar-refractivity contribution < 1.29 is 38.6 Å². The van der Waals surface area contributed by atoms with Crippen molar-refractivity contribution in [2.75, 3.05) is 19.0 Å². The Hall–Kier alpha value is -4.32. The highest BCUT2D eigenvalue weighted by molar-refractivity contribution is 8.00. The van der Waals surface area contributed by atoms with Crippen molar-refractivity contribution in [2.24, 2.45) is 0 Å². The predicted octanol–water partition coefficient (Wildman–Crippen LogP) is 2.52. The minimum absolute atomic E-state index is 0.196. The molecule has 0 aliphatic carbocycles. The number of thioether (sulfide) groups is 1. The van der Waals surface area contributed by atoms with Crippen LogP contribution >= 0.6 is 11.8 Å².